The first-order valence-electron chi connectivity index (χ1n) is 5.50. The van der Waals surface area contributed by atoms with Gasteiger partial charge in [-0.15, -0.1) is 0 Å². The number of carbonyl (C=O) groups is 1. The van der Waals surface area contributed by atoms with Gasteiger partial charge in [-0.3, -0.25) is 9.36 Å². The molecule has 1 aromatic heterocycles. The average molecular weight is 271 g/mol. The molecule has 19 heavy (non-hydrogen) atoms. The van der Waals surface area contributed by atoms with Crippen molar-refractivity contribution >= 4 is 12.2 Å². The highest BCUT2D eigenvalue weighted by Crippen LogP contribution is 2.27. The zero-order chi connectivity index (χ0) is 14.0. The Morgan fingerprint density at radius 3 is 2.74 bits per heavy atom. The van der Waals surface area contributed by atoms with E-state index in [2.05, 4.69) is 10.3 Å². The van der Waals surface area contributed by atoms with Crippen LogP contribution in [-0.2, 0) is 9.53 Å². The fourth-order valence-electron chi connectivity index (χ4n) is 1.86. The van der Waals surface area contributed by atoms with Gasteiger partial charge in [0.15, 0.2) is 6.23 Å². The fraction of sp³-hybridized carbons (Fsp3) is 0.500. The molecular weight excluding hydrogens is 258 g/mol. The third-order valence-corrected chi connectivity index (χ3v) is 2.83. The molecule has 1 aromatic rings. The van der Waals surface area contributed by atoms with E-state index in [-0.39, 0.29) is 5.82 Å². The third-order valence-electron chi connectivity index (χ3n) is 2.83. The van der Waals surface area contributed by atoms with Crippen LogP contribution in [0.4, 0.5) is 5.82 Å². The van der Waals surface area contributed by atoms with E-state index >= 15 is 0 Å². The van der Waals surface area contributed by atoms with Gasteiger partial charge in [-0.25, -0.2) is 4.79 Å². The Labute approximate surface area is 107 Å². The summed E-state index contributed by atoms with van der Waals surface area (Å²) in [5.41, 5.74) is -0.762. The van der Waals surface area contributed by atoms with E-state index in [0.717, 1.165) is 4.57 Å². The summed E-state index contributed by atoms with van der Waals surface area (Å²) in [7, 11) is 0. The van der Waals surface area contributed by atoms with E-state index in [0.29, 0.717) is 6.41 Å². The molecule has 1 amide bonds. The topological polar surface area (TPSA) is 134 Å². The second-order valence-electron chi connectivity index (χ2n) is 3.99. The Bertz CT molecular complexity index is 518. The van der Waals surface area contributed by atoms with Gasteiger partial charge in [0.1, 0.15) is 24.1 Å². The van der Waals surface area contributed by atoms with E-state index in [1.165, 1.54) is 12.3 Å². The summed E-state index contributed by atoms with van der Waals surface area (Å²) in [4.78, 5) is 25.5. The number of amides is 1. The summed E-state index contributed by atoms with van der Waals surface area (Å²) in [6.07, 6.45) is -3.13. The summed E-state index contributed by atoms with van der Waals surface area (Å²) < 4.78 is 6.16. The molecule has 0 bridgehead atoms. The predicted molar refractivity (Wildman–Crippen MR) is 61.2 cm³/mol. The Morgan fingerprint density at radius 2 is 2.21 bits per heavy atom. The Balaban J connectivity index is 2.28. The largest absolute Gasteiger partial charge is 0.394 e. The van der Waals surface area contributed by atoms with E-state index in [1.54, 1.807) is 0 Å². The standard InChI is InChI=1S/C10H13N3O6/c14-3-5-7(16)8(17)9(19-5)13-2-1-6(11-4-15)12-10(13)18/h1-2,4-5,7-9,14,16-17H,3H2,(H,11,12,15,18)/t5-,7-,8-,9-/m1/s1. The number of ether oxygens (including phenoxy) is 1. The highest BCUT2D eigenvalue weighted by molar-refractivity contribution is 5.68. The second kappa shape index (κ2) is 5.45. The molecule has 2 heterocycles. The first-order valence-corrected chi connectivity index (χ1v) is 5.50. The van der Waals surface area contributed by atoms with Crippen molar-refractivity contribution in [2.45, 2.75) is 24.5 Å². The maximum absolute atomic E-state index is 11.7. The quantitative estimate of drug-likeness (QED) is 0.442. The van der Waals surface area contributed by atoms with Crippen LogP contribution in [0.3, 0.4) is 0 Å². The molecule has 0 radical (unpaired) electrons. The molecule has 1 saturated heterocycles. The number of hydrogen-bond acceptors (Lipinski definition) is 7. The molecule has 0 saturated carbocycles. The minimum absolute atomic E-state index is 0.0583. The highest BCUT2D eigenvalue weighted by atomic mass is 16.6. The molecule has 4 atom stereocenters. The van der Waals surface area contributed by atoms with E-state index in [1.807, 2.05) is 0 Å². The molecule has 9 nitrogen and oxygen atoms in total. The van der Waals surface area contributed by atoms with Gasteiger partial charge in [-0.1, -0.05) is 0 Å². The van der Waals surface area contributed by atoms with Crippen molar-refractivity contribution in [3.05, 3.63) is 22.7 Å². The normalized spacial score (nSPS) is 30.3. The number of aliphatic hydroxyl groups is 3. The number of carbonyl (C=O) groups excluding carboxylic acids is 1. The minimum atomic E-state index is -1.36. The summed E-state index contributed by atoms with van der Waals surface area (Å²) in [6, 6.07) is 1.34. The predicted octanol–water partition coefficient (Wildman–Crippen LogP) is -2.58. The van der Waals surface area contributed by atoms with Gasteiger partial charge < -0.3 is 25.4 Å². The smallest absolute Gasteiger partial charge is 0.351 e. The molecule has 2 rings (SSSR count). The SMILES string of the molecule is O=CNc1ccn([C@@H]2O[C@H](CO)[C@@H](O)[C@H]2O)c(=O)n1. The van der Waals surface area contributed by atoms with Gasteiger partial charge in [0.05, 0.1) is 6.61 Å². The second-order valence-corrected chi connectivity index (χ2v) is 3.99. The highest BCUT2D eigenvalue weighted by Gasteiger charge is 2.43. The van der Waals surface area contributed by atoms with Crippen LogP contribution >= 0.6 is 0 Å². The van der Waals surface area contributed by atoms with Gasteiger partial charge in [-0.2, -0.15) is 4.98 Å². The van der Waals surface area contributed by atoms with Crippen molar-refractivity contribution in [3.8, 4) is 0 Å². The Morgan fingerprint density at radius 1 is 1.47 bits per heavy atom. The van der Waals surface area contributed by atoms with Crippen molar-refractivity contribution in [1.82, 2.24) is 9.55 Å². The summed E-state index contributed by atoms with van der Waals surface area (Å²) in [5, 5.41) is 30.5. The van der Waals surface area contributed by atoms with Gasteiger partial charge in [0.2, 0.25) is 6.41 Å². The molecular formula is C10H13N3O6. The molecule has 1 aliphatic rings. The van der Waals surface area contributed by atoms with Crippen LogP contribution in [0.25, 0.3) is 0 Å². The zero-order valence-corrected chi connectivity index (χ0v) is 9.71. The van der Waals surface area contributed by atoms with Crippen LogP contribution in [0.2, 0.25) is 0 Å². The van der Waals surface area contributed by atoms with Crippen molar-refractivity contribution in [2.24, 2.45) is 0 Å². The third kappa shape index (κ3) is 2.49. The number of rotatable bonds is 4. The van der Waals surface area contributed by atoms with Crippen molar-refractivity contribution < 1.29 is 24.9 Å². The van der Waals surface area contributed by atoms with Crippen LogP contribution in [0.5, 0.6) is 0 Å². The Kier molecular flexibility index (Phi) is 3.90. The average Bonchev–Trinajstić information content (AvgIpc) is 2.67. The fourth-order valence-corrected chi connectivity index (χ4v) is 1.86. The molecule has 0 aromatic carbocycles. The van der Waals surface area contributed by atoms with Gasteiger partial charge >= 0.3 is 5.69 Å². The van der Waals surface area contributed by atoms with Crippen molar-refractivity contribution in [2.75, 3.05) is 11.9 Å². The summed E-state index contributed by atoms with van der Waals surface area (Å²) in [6.45, 7) is -0.484. The van der Waals surface area contributed by atoms with Gasteiger partial charge in [0.25, 0.3) is 0 Å². The first-order chi connectivity index (χ1) is 9.08. The van der Waals surface area contributed by atoms with E-state index in [9.17, 15) is 19.8 Å². The zero-order valence-electron chi connectivity index (χ0n) is 9.71. The summed E-state index contributed by atoms with van der Waals surface area (Å²) in [5.74, 6) is 0.0583. The van der Waals surface area contributed by atoms with Crippen molar-refractivity contribution in [3.63, 3.8) is 0 Å². The van der Waals surface area contributed by atoms with Gasteiger partial charge in [-0.05, 0) is 6.07 Å². The maximum Gasteiger partial charge on any atom is 0.351 e. The molecule has 4 N–H and O–H groups in total. The van der Waals surface area contributed by atoms with Gasteiger partial charge in [0, 0.05) is 6.20 Å². The number of nitrogens with one attached hydrogen (secondary N) is 1. The molecule has 104 valence electrons. The number of aliphatic hydroxyl groups excluding tert-OH is 3. The number of aromatic nitrogens is 2. The molecule has 1 aliphatic heterocycles. The molecule has 0 spiro atoms. The van der Waals surface area contributed by atoms with Crippen LogP contribution in [0.15, 0.2) is 17.1 Å². The lowest BCUT2D eigenvalue weighted by molar-refractivity contribution is -0.105. The molecule has 0 aliphatic carbocycles. The summed E-state index contributed by atoms with van der Waals surface area (Å²) >= 11 is 0. The lowest BCUT2D eigenvalue weighted by Crippen LogP contribution is -2.36. The van der Waals surface area contributed by atoms with Crippen LogP contribution in [0, 0.1) is 0 Å². The Hall–Kier alpha value is -1.81. The first kappa shape index (κ1) is 13.6. The van der Waals surface area contributed by atoms with Crippen LogP contribution < -0.4 is 11.0 Å². The molecule has 1 fully saturated rings. The molecule has 0 unspecified atom stereocenters. The lowest BCUT2D eigenvalue weighted by Gasteiger charge is -2.17. The monoisotopic (exact) mass is 271 g/mol. The molecule has 9 heteroatoms. The minimum Gasteiger partial charge on any atom is -0.394 e. The van der Waals surface area contributed by atoms with Crippen LogP contribution in [0.1, 0.15) is 6.23 Å². The number of hydrogen-bond donors (Lipinski definition) is 4. The van der Waals surface area contributed by atoms with E-state index in [4.69, 9.17) is 9.84 Å². The number of anilines is 1. The van der Waals surface area contributed by atoms with Crippen LogP contribution in [-0.4, -0.2) is 56.2 Å². The number of nitrogens with zero attached hydrogens (tertiary/aromatic N) is 2. The lowest BCUT2D eigenvalue weighted by atomic mass is 10.1. The maximum atomic E-state index is 11.7. The van der Waals surface area contributed by atoms with Crippen molar-refractivity contribution in [1.29, 1.82) is 0 Å². The van der Waals surface area contributed by atoms with E-state index < -0.39 is 36.8 Å².